The van der Waals surface area contributed by atoms with Gasteiger partial charge in [0.25, 0.3) is 0 Å². The van der Waals surface area contributed by atoms with Gasteiger partial charge in [-0.25, -0.2) is 4.57 Å². The van der Waals surface area contributed by atoms with Crippen LogP contribution in [0.2, 0.25) is 0 Å². The van der Waals surface area contributed by atoms with Gasteiger partial charge in [-0.05, 0) is 48.2 Å². The molecule has 0 radical (unpaired) electrons. The zero-order valence-electron chi connectivity index (χ0n) is 13.8. The van der Waals surface area contributed by atoms with Gasteiger partial charge in [0.2, 0.25) is 0 Å². The molecule has 0 amide bonds. The Morgan fingerprint density at radius 3 is 2.21 bits per heavy atom. The van der Waals surface area contributed by atoms with Gasteiger partial charge in [-0.1, -0.05) is 18.2 Å². The fourth-order valence-electron chi connectivity index (χ4n) is 2.62. The number of aryl methyl sites for hydroxylation is 1. The Bertz CT molecular complexity index is 712. The van der Waals surface area contributed by atoms with Crippen LogP contribution >= 0.6 is 0 Å². The van der Waals surface area contributed by atoms with Gasteiger partial charge in [0.15, 0.2) is 12.4 Å². The minimum absolute atomic E-state index is 0.787. The van der Waals surface area contributed by atoms with E-state index in [1.807, 2.05) is 54.9 Å². The number of benzene rings is 1. The molecule has 0 aliphatic heterocycles. The van der Waals surface area contributed by atoms with Crippen molar-refractivity contribution < 1.29 is 9.30 Å². The van der Waals surface area contributed by atoms with Crippen LogP contribution < -0.4 is 9.30 Å². The molecule has 3 nitrogen and oxygen atoms in total. The summed E-state index contributed by atoms with van der Waals surface area (Å²) in [6, 6.07) is 18.4. The summed E-state index contributed by atoms with van der Waals surface area (Å²) in [6.45, 7) is 1.83. The minimum atomic E-state index is 0.787. The van der Waals surface area contributed by atoms with Crippen molar-refractivity contribution in [2.24, 2.45) is 0 Å². The van der Waals surface area contributed by atoms with Crippen LogP contribution in [0.5, 0.6) is 5.75 Å². The molecule has 2 heterocycles. The Morgan fingerprint density at radius 2 is 1.46 bits per heavy atom. The maximum absolute atomic E-state index is 5.71. The molecule has 0 saturated carbocycles. The highest BCUT2D eigenvalue weighted by molar-refractivity contribution is 5.61. The predicted octanol–water partition coefficient (Wildman–Crippen LogP) is 4.29. The third-order valence-electron chi connectivity index (χ3n) is 3.98. The summed E-state index contributed by atoms with van der Waals surface area (Å²) in [5.41, 5.74) is 2.43. The Kier molecular flexibility index (Phi) is 5.95. The quantitative estimate of drug-likeness (QED) is 0.457. The van der Waals surface area contributed by atoms with E-state index in [2.05, 4.69) is 34.1 Å². The number of pyridine rings is 2. The van der Waals surface area contributed by atoms with E-state index in [0.717, 1.165) is 31.7 Å². The standard InChI is InChI=1S/C21H23N2O/c1-3-7-21(8-4-1)24-18-6-2-5-15-23-16-11-20(12-17-23)19-9-13-22-14-10-19/h1,3-4,7-14,16-17H,2,5-6,15,18H2/q+1. The first-order chi connectivity index (χ1) is 11.9. The highest BCUT2D eigenvalue weighted by atomic mass is 16.5. The van der Waals surface area contributed by atoms with E-state index in [-0.39, 0.29) is 0 Å². The molecule has 3 heteroatoms. The summed E-state index contributed by atoms with van der Waals surface area (Å²) in [4.78, 5) is 4.06. The summed E-state index contributed by atoms with van der Waals surface area (Å²) >= 11 is 0. The fraction of sp³-hybridized carbons (Fsp3) is 0.238. The van der Waals surface area contributed by atoms with Crippen LogP contribution in [-0.4, -0.2) is 11.6 Å². The lowest BCUT2D eigenvalue weighted by molar-refractivity contribution is -0.697. The first kappa shape index (κ1) is 16.2. The second-order valence-corrected chi connectivity index (χ2v) is 5.78. The molecule has 3 aromatic rings. The molecule has 3 rings (SSSR count). The largest absolute Gasteiger partial charge is 0.494 e. The first-order valence-electron chi connectivity index (χ1n) is 8.49. The Labute approximate surface area is 143 Å². The number of unbranched alkanes of at least 4 members (excludes halogenated alkanes) is 2. The number of rotatable bonds is 8. The number of aromatic nitrogens is 2. The maximum Gasteiger partial charge on any atom is 0.169 e. The average Bonchev–Trinajstić information content (AvgIpc) is 2.67. The highest BCUT2D eigenvalue weighted by Crippen LogP contribution is 2.15. The third kappa shape index (κ3) is 4.92. The van der Waals surface area contributed by atoms with E-state index in [1.54, 1.807) is 0 Å². The van der Waals surface area contributed by atoms with Crippen molar-refractivity contribution >= 4 is 0 Å². The number of para-hydroxylation sites is 1. The normalized spacial score (nSPS) is 10.5. The Balaban J connectivity index is 1.36. The molecule has 0 spiro atoms. The fourth-order valence-corrected chi connectivity index (χ4v) is 2.62. The van der Waals surface area contributed by atoms with Crippen LogP contribution in [-0.2, 0) is 6.54 Å². The minimum Gasteiger partial charge on any atom is -0.494 e. The van der Waals surface area contributed by atoms with Crippen molar-refractivity contribution in [3.63, 3.8) is 0 Å². The van der Waals surface area contributed by atoms with E-state index < -0.39 is 0 Å². The van der Waals surface area contributed by atoms with Gasteiger partial charge < -0.3 is 4.74 Å². The van der Waals surface area contributed by atoms with Crippen molar-refractivity contribution in [2.45, 2.75) is 25.8 Å². The van der Waals surface area contributed by atoms with Crippen LogP contribution in [0.3, 0.4) is 0 Å². The average molecular weight is 319 g/mol. The summed E-state index contributed by atoms with van der Waals surface area (Å²) < 4.78 is 7.95. The molecule has 0 bridgehead atoms. The van der Waals surface area contributed by atoms with E-state index >= 15 is 0 Å². The van der Waals surface area contributed by atoms with Crippen LogP contribution in [0.15, 0.2) is 79.4 Å². The monoisotopic (exact) mass is 319 g/mol. The molecular formula is C21H23N2O+. The topological polar surface area (TPSA) is 26.0 Å². The van der Waals surface area contributed by atoms with Gasteiger partial charge in [-0.2, -0.15) is 0 Å². The van der Waals surface area contributed by atoms with E-state index in [0.29, 0.717) is 0 Å². The first-order valence-corrected chi connectivity index (χ1v) is 8.49. The van der Waals surface area contributed by atoms with Gasteiger partial charge in [0.1, 0.15) is 12.3 Å². The van der Waals surface area contributed by atoms with Crippen molar-refractivity contribution in [3.05, 3.63) is 79.4 Å². The van der Waals surface area contributed by atoms with Crippen LogP contribution in [0.25, 0.3) is 11.1 Å². The van der Waals surface area contributed by atoms with E-state index in [1.165, 1.54) is 17.5 Å². The molecular weight excluding hydrogens is 296 g/mol. The molecule has 0 aliphatic carbocycles. The predicted molar refractivity (Wildman–Crippen MR) is 95.7 cm³/mol. The maximum atomic E-state index is 5.71. The SMILES string of the molecule is c1ccc(OCCCCC[n+]2ccc(-c3ccncc3)cc2)cc1. The van der Waals surface area contributed by atoms with Gasteiger partial charge in [0, 0.05) is 30.9 Å². The van der Waals surface area contributed by atoms with Crippen LogP contribution in [0.4, 0.5) is 0 Å². The second kappa shape index (κ2) is 8.82. The molecule has 0 atom stereocenters. The van der Waals surface area contributed by atoms with E-state index in [9.17, 15) is 0 Å². The lowest BCUT2D eigenvalue weighted by atomic mass is 10.1. The summed E-state index contributed by atoms with van der Waals surface area (Å²) in [5.74, 6) is 0.957. The summed E-state index contributed by atoms with van der Waals surface area (Å²) in [5, 5.41) is 0. The van der Waals surface area contributed by atoms with Crippen LogP contribution in [0, 0.1) is 0 Å². The number of hydrogen-bond acceptors (Lipinski definition) is 2. The van der Waals surface area contributed by atoms with Crippen LogP contribution in [0.1, 0.15) is 19.3 Å². The summed E-state index contributed by atoms with van der Waals surface area (Å²) in [6.07, 6.45) is 11.4. The lowest BCUT2D eigenvalue weighted by Crippen LogP contribution is -2.32. The second-order valence-electron chi connectivity index (χ2n) is 5.78. The number of hydrogen-bond donors (Lipinski definition) is 0. The zero-order chi connectivity index (χ0) is 16.5. The number of nitrogens with zero attached hydrogens (tertiary/aromatic N) is 2. The Hall–Kier alpha value is -2.68. The number of ether oxygens (including phenoxy) is 1. The molecule has 0 saturated heterocycles. The zero-order valence-corrected chi connectivity index (χ0v) is 13.8. The molecule has 1 aromatic carbocycles. The lowest BCUT2D eigenvalue weighted by Gasteiger charge is -2.05. The molecule has 0 fully saturated rings. The smallest absolute Gasteiger partial charge is 0.169 e. The van der Waals surface area contributed by atoms with Crippen molar-refractivity contribution in [3.8, 4) is 16.9 Å². The van der Waals surface area contributed by atoms with E-state index in [4.69, 9.17) is 4.74 Å². The molecule has 0 unspecified atom stereocenters. The molecule has 122 valence electrons. The van der Waals surface area contributed by atoms with Gasteiger partial charge in [0.05, 0.1) is 6.61 Å². The molecule has 2 aromatic heterocycles. The van der Waals surface area contributed by atoms with Gasteiger partial charge in [-0.15, -0.1) is 0 Å². The molecule has 24 heavy (non-hydrogen) atoms. The Morgan fingerprint density at radius 1 is 0.750 bits per heavy atom. The highest BCUT2D eigenvalue weighted by Gasteiger charge is 2.03. The van der Waals surface area contributed by atoms with Crippen molar-refractivity contribution in [1.82, 2.24) is 4.98 Å². The summed E-state index contributed by atoms with van der Waals surface area (Å²) in [7, 11) is 0. The van der Waals surface area contributed by atoms with Crippen molar-refractivity contribution in [1.29, 1.82) is 0 Å². The van der Waals surface area contributed by atoms with Crippen molar-refractivity contribution in [2.75, 3.05) is 6.61 Å². The molecule has 0 N–H and O–H groups in total. The third-order valence-corrected chi connectivity index (χ3v) is 3.98. The van der Waals surface area contributed by atoms with Gasteiger partial charge >= 0.3 is 0 Å². The molecule has 0 aliphatic rings. The van der Waals surface area contributed by atoms with Gasteiger partial charge in [-0.3, -0.25) is 4.98 Å².